The molecule has 0 radical (unpaired) electrons. The molecule has 3 N–H and O–H groups in total. The zero-order valence-corrected chi connectivity index (χ0v) is 11.1. The Kier molecular flexibility index (Phi) is 6.89. The molecular formula is C13H18F2N2O3. The molecule has 0 aliphatic rings. The van der Waals surface area contributed by atoms with Crippen molar-refractivity contribution in [2.45, 2.75) is 25.6 Å². The molecule has 1 unspecified atom stereocenters. The highest BCUT2D eigenvalue weighted by Crippen LogP contribution is 2.19. The molecule has 0 bridgehead atoms. The highest BCUT2D eigenvalue weighted by Gasteiger charge is 2.14. The van der Waals surface area contributed by atoms with E-state index in [9.17, 15) is 13.6 Å². The second-order valence-corrected chi connectivity index (χ2v) is 4.09. The summed E-state index contributed by atoms with van der Waals surface area (Å²) in [6, 6.07) is 5.56. The number of nitrogens with one attached hydrogen (secondary N) is 1. The molecule has 0 spiro atoms. The minimum atomic E-state index is -2.91. The first kappa shape index (κ1) is 16.3. The van der Waals surface area contributed by atoms with Crippen LogP contribution in [-0.4, -0.2) is 32.3 Å². The summed E-state index contributed by atoms with van der Waals surface area (Å²) in [7, 11) is 1.52. The van der Waals surface area contributed by atoms with Crippen LogP contribution < -0.4 is 15.8 Å². The number of para-hydroxylation sites is 1. The van der Waals surface area contributed by atoms with Crippen LogP contribution in [0.25, 0.3) is 0 Å². The first-order valence-electron chi connectivity index (χ1n) is 6.09. The lowest BCUT2D eigenvalue weighted by molar-refractivity contribution is -0.122. The molecular weight excluding hydrogens is 270 g/mol. The number of methoxy groups -OCH3 is 1. The number of nitrogens with two attached hydrogens (primary N) is 1. The molecule has 20 heavy (non-hydrogen) atoms. The molecule has 0 saturated carbocycles. The number of rotatable bonds is 8. The number of halogens is 2. The second-order valence-electron chi connectivity index (χ2n) is 4.09. The summed E-state index contributed by atoms with van der Waals surface area (Å²) in [5.41, 5.74) is 6.10. The lowest BCUT2D eigenvalue weighted by Crippen LogP contribution is -2.40. The summed E-state index contributed by atoms with van der Waals surface area (Å²) in [5, 5.41) is 2.58. The van der Waals surface area contributed by atoms with Gasteiger partial charge in [0.25, 0.3) is 0 Å². The van der Waals surface area contributed by atoms with Gasteiger partial charge in [-0.15, -0.1) is 0 Å². The van der Waals surface area contributed by atoms with Gasteiger partial charge in [-0.3, -0.25) is 4.79 Å². The largest absolute Gasteiger partial charge is 0.434 e. The van der Waals surface area contributed by atoms with Gasteiger partial charge in [-0.05, 0) is 12.5 Å². The van der Waals surface area contributed by atoms with Crippen LogP contribution in [-0.2, 0) is 16.1 Å². The highest BCUT2D eigenvalue weighted by molar-refractivity contribution is 5.81. The smallest absolute Gasteiger partial charge is 0.387 e. The topological polar surface area (TPSA) is 73.6 Å². The SMILES string of the molecule is COCCC(N)C(=O)NCc1ccccc1OC(F)F. The minimum absolute atomic E-state index is 0.0354. The predicted octanol–water partition coefficient (Wildman–Crippen LogP) is 1.27. The number of carbonyl (C=O) groups excluding carboxylic acids is 1. The van der Waals surface area contributed by atoms with Crippen molar-refractivity contribution >= 4 is 5.91 Å². The molecule has 1 aromatic carbocycles. The fourth-order valence-corrected chi connectivity index (χ4v) is 1.55. The Labute approximate surface area is 116 Å². The van der Waals surface area contributed by atoms with Gasteiger partial charge in [0.1, 0.15) is 5.75 Å². The Morgan fingerprint density at radius 2 is 2.10 bits per heavy atom. The van der Waals surface area contributed by atoms with E-state index in [1.54, 1.807) is 18.2 Å². The van der Waals surface area contributed by atoms with Crippen molar-refractivity contribution in [3.8, 4) is 5.75 Å². The second kappa shape index (κ2) is 8.44. The Balaban J connectivity index is 2.54. The Morgan fingerprint density at radius 3 is 2.75 bits per heavy atom. The van der Waals surface area contributed by atoms with Crippen LogP contribution in [0, 0.1) is 0 Å². The molecule has 0 aromatic heterocycles. The van der Waals surface area contributed by atoms with Crippen LogP contribution in [0.3, 0.4) is 0 Å². The standard InChI is InChI=1S/C13H18F2N2O3/c1-19-7-6-10(16)12(18)17-8-9-4-2-3-5-11(9)20-13(14)15/h2-5,10,13H,6-8,16H2,1H3,(H,17,18). The average Bonchev–Trinajstić information content (AvgIpc) is 2.42. The Hall–Kier alpha value is -1.73. The number of hydrogen-bond acceptors (Lipinski definition) is 4. The summed E-state index contributed by atoms with van der Waals surface area (Å²) >= 11 is 0. The number of hydrogen-bond donors (Lipinski definition) is 2. The summed E-state index contributed by atoms with van der Waals surface area (Å²) in [4.78, 5) is 11.7. The maximum Gasteiger partial charge on any atom is 0.387 e. The third-order valence-corrected chi connectivity index (χ3v) is 2.61. The first-order chi connectivity index (χ1) is 9.54. The maximum atomic E-state index is 12.2. The fourth-order valence-electron chi connectivity index (χ4n) is 1.55. The van der Waals surface area contributed by atoms with Gasteiger partial charge in [0.15, 0.2) is 0 Å². The van der Waals surface area contributed by atoms with Gasteiger partial charge >= 0.3 is 6.61 Å². The van der Waals surface area contributed by atoms with Crippen molar-refractivity contribution < 1.29 is 23.0 Å². The van der Waals surface area contributed by atoms with Gasteiger partial charge < -0.3 is 20.5 Å². The minimum Gasteiger partial charge on any atom is -0.434 e. The zero-order chi connectivity index (χ0) is 15.0. The predicted molar refractivity (Wildman–Crippen MR) is 69.4 cm³/mol. The van der Waals surface area contributed by atoms with Crippen LogP contribution in [0.5, 0.6) is 5.75 Å². The lowest BCUT2D eigenvalue weighted by Gasteiger charge is -2.14. The van der Waals surface area contributed by atoms with Crippen LogP contribution in [0.1, 0.15) is 12.0 Å². The van der Waals surface area contributed by atoms with Crippen molar-refractivity contribution in [1.29, 1.82) is 0 Å². The van der Waals surface area contributed by atoms with E-state index in [0.717, 1.165) is 0 Å². The van der Waals surface area contributed by atoms with Crippen LogP contribution >= 0.6 is 0 Å². The highest BCUT2D eigenvalue weighted by atomic mass is 19.3. The first-order valence-corrected chi connectivity index (χ1v) is 6.09. The summed E-state index contributed by atoms with van der Waals surface area (Å²) in [6.07, 6.45) is 0.386. The normalized spacial score (nSPS) is 12.2. The van der Waals surface area contributed by atoms with Gasteiger partial charge in [-0.2, -0.15) is 8.78 Å². The molecule has 7 heteroatoms. The third kappa shape index (κ3) is 5.50. The number of benzene rings is 1. The number of ether oxygens (including phenoxy) is 2. The fraction of sp³-hybridized carbons (Fsp3) is 0.462. The van der Waals surface area contributed by atoms with E-state index in [0.29, 0.717) is 18.6 Å². The van der Waals surface area contributed by atoms with Gasteiger partial charge in [0.05, 0.1) is 6.04 Å². The Bertz CT molecular complexity index is 430. The van der Waals surface area contributed by atoms with Gasteiger partial charge in [0, 0.05) is 25.8 Å². The van der Waals surface area contributed by atoms with Gasteiger partial charge in [-0.25, -0.2) is 0 Å². The van der Waals surface area contributed by atoms with E-state index < -0.39 is 12.7 Å². The van der Waals surface area contributed by atoms with Crippen molar-refractivity contribution in [3.05, 3.63) is 29.8 Å². The average molecular weight is 288 g/mol. The monoisotopic (exact) mass is 288 g/mol. The van der Waals surface area contributed by atoms with Crippen molar-refractivity contribution in [2.24, 2.45) is 5.73 Å². The van der Waals surface area contributed by atoms with E-state index in [1.807, 2.05) is 0 Å². The Morgan fingerprint density at radius 1 is 1.40 bits per heavy atom. The molecule has 1 aromatic rings. The van der Waals surface area contributed by atoms with E-state index in [2.05, 4.69) is 10.1 Å². The molecule has 112 valence electrons. The molecule has 0 heterocycles. The number of carbonyl (C=O) groups is 1. The summed E-state index contributed by atoms with van der Waals surface area (Å²) in [5.74, 6) is -0.331. The van der Waals surface area contributed by atoms with Crippen molar-refractivity contribution in [2.75, 3.05) is 13.7 Å². The van der Waals surface area contributed by atoms with E-state index in [4.69, 9.17) is 10.5 Å². The molecule has 5 nitrogen and oxygen atoms in total. The van der Waals surface area contributed by atoms with Gasteiger partial charge in [0.2, 0.25) is 5.91 Å². The molecule has 0 aliphatic heterocycles. The quantitative estimate of drug-likeness (QED) is 0.755. The third-order valence-electron chi connectivity index (χ3n) is 2.61. The van der Waals surface area contributed by atoms with Crippen LogP contribution in [0.4, 0.5) is 8.78 Å². The summed E-state index contributed by atoms with van der Waals surface area (Å²) < 4.78 is 33.6. The molecule has 0 saturated heterocycles. The van der Waals surface area contributed by atoms with E-state index in [-0.39, 0.29) is 18.2 Å². The van der Waals surface area contributed by atoms with E-state index in [1.165, 1.54) is 13.2 Å². The van der Waals surface area contributed by atoms with Gasteiger partial charge in [-0.1, -0.05) is 18.2 Å². The van der Waals surface area contributed by atoms with Crippen LogP contribution in [0.2, 0.25) is 0 Å². The number of alkyl halides is 2. The molecule has 1 rings (SSSR count). The van der Waals surface area contributed by atoms with Crippen LogP contribution in [0.15, 0.2) is 24.3 Å². The molecule has 1 atom stereocenters. The van der Waals surface area contributed by atoms with Crippen molar-refractivity contribution in [1.82, 2.24) is 5.32 Å². The lowest BCUT2D eigenvalue weighted by atomic mass is 10.2. The van der Waals surface area contributed by atoms with E-state index >= 15 is 0 Å². The molecule has 1 amide bonds. The summed E-state index contributed by atoms with van der Waals surface area (Å²) in [6.45, 7) is -2.46. The maximum absolute atomic E-state index is 12.2. The zero-order valence-electron chi connectivity index (χ0n) is 11.1. The molecule has 0 fully saturated rings. The molecule has 0 aliphatic carbocycles. The van der Waals surface area contributed by atoms with Crippen molar-refractivity contribution in [3.63, 3.8) is 0 Å². The number of amides is 1.